The van der Waals surface area contributed by atoms with Gasteiger partial charge in [0.25, 0.3) is 0 Å². The van der Waals surface area contributed by atoms with Crippen LogP contribution < -0.4 is 4.74 Å². The summed E-state index contributed by atoms with van der Waals surface area (Å²) in [5.74, 6) is -0.366. The van der Waals surface area contributed by atoms with Crippen molar-refractivity contribution in [1.82, 2.24) is 0 Å². The van der Waals surface area contributed by atoms with E-state index in [1.165, 1.54) is 0 Å². The lowest BCUT2D eigenvalue weighted by molar-refractivity contribution is -0.165. The molecule has 0 aliphatic carbocycles. The van der Waals surface area contributed by atoms with Crippen molar-refractivity contribution < 1.29 is 19.4 Å². The van der Waals surface area contributed by atoms with Crippen LogP contribution in [0.15, 0.2) is 66.7 Å². The number of rotatable bonds is 10. The number of unbranched alkanes of at least 4 members (excludes halogenated alkanes) is 1. The number of carboxylic acids is 1. The van der Waals surface area contributed by atoms with Gasteiger partial charge < -0.3 is 14.6 Å². The molecule has 4 nitrogen and oxygen atoms in total. The molecule has 0 fully saturated rings. The van der Waals surface area contributed by atoms with Crippen LogP contribution in [0.2, 0.25) is 0 Å². The molecule has 4 heteroatoms. The lowest BCUT2D eigenvalue weighted by atomic mass is 9.84. The highest BCUT2D eigenvalue weighted by molar-refractivity contribution is 5.87. The number of aliphatic carboxylic acids is 1. The maximum atomic E-state index is 12.5. The fraction of sp³-hybridized carbons (Fsp3) is 0.321. The third-order valence-corrected chi connectivity index (χ3v) is 5.73. The predicted molar refractivity (Wildman–Crippen MR) is 128 cm³/mol. The minimum absolute atomic E-state index is 0.376. The highest BCUT2D eigenvalue weighted by Crippen LogP contribution is 2.43. The topological polar surface area (TPSA) is 55.8 Å². The van der Waals surface area contributed by atoms with Gasteiger partial charge in [0, 0.05) is 17.7 Å². The zero-order valence-electron chi connectivity index (χ0n) is 19.4. The van der Waals surface area contributed by atoms with Gasteiger partial charge in [-0.2, -0.15) is 0 Å². The molecule has 0 aliphatic rings. The Morgan fingerprint density at radius 1 is 0.969 bits per heavy atom. The fourth-order valence-electron chi connectivity index (χ4n) is 3.83. The zero-order chi connectivity index (χ0) is 23.1. The van der Waals surface area contributed by atoms with Gasteiger partial charge in [-0.1, -0.05) is 79.6 Å². The Morgan fingerprint density at radius 3 is 2.28 bits per heavy atom. The fourth-order valence-corrected chi connectivity index (χ4v) is 3.83. The lowest BCUT2D eigenvalue weighted by Gasteiger charge is -2.31. The van der Waals surface area contributed by atoms with Crippen LogP contribution in [0.3, 0.4) is 0 Å². The molecule has 1 atom stereocenters. The van der Waals surface area contributed by atoms with E-state index in [0.717, 1.165) is 40.7 Å². The molecule has 0 spiro atoms. The van der Waals surface area contributed by atoms with Crippen molar-refractivity contribution >= 4 is 5.97 Å². The molecule has 1 unspecified atom stereocenters. The van der Waals surface area contributed by atoms with E-state index in [9.17, 15) is 9.90 Å². The SMILES string of the molecule is CCCCOC(C)(C(=O)O)c1c(C)ccc(OCc2ccccc2)c1-c1ccc(C)cc1. The number of ether oxygens (including phenoxy) is 2. The molecule has 32 heavy (non-hydrogen) atoms. The van der Waals surface area contributed by atoms with Crippen LogP contribution in [0.25, 0.3) is 11.1 Å². The molecule has 0 bridgehead atoms. The first-order valence-electron chi connectivity index (χ1n) is 11.1. The Bertz CT molecular complexity index is 1040. The molecule has 1 N–H and O–H groups in total. The van der Waals surface area contributed by atoms with Crippen LogP contribution in [0.5, 0.6) is 5.75 Å². The van der Waals surface area contributed by atoms with Gasteiger partial charge >= 0.3 is 5.97 Å². The summed E-state index contributed by atoms with van der Waals surface area (Å²) in [5, 5.41) is 10.3. The molecular weight excluding hydrogens is 400 g/mol. The summed E-state index contributed by atoms with van der Waals surface area (Å²) in [6.07, 6.45) is 1.73. The number of carboxylic acid groups (broad SMARTS) is 1. The van der Waals surface area contributed by atoms with E-state index in [-0.39, 0.29) is 0 Å². The van der Waals surface area contributed by atoms with Gasteiger partial charge in [-0.05, 0) is 49.9 Å². The van der Waals surface area contributed by atoms with E-state index in [2.05, 4.69) is 6.92 Å². The minimum Gasteiger partial charge on any atom is -0.488 e. The summed E-state index contributed by atoms with van der Waals surface area (Å²) >= 11 is 0. The first-order chi connectivity index (χ1) is 15.4. The van der Waals surface area contributed by atoms with E-state index in [1.807, 2.05) is 80.6 Å². The number of aryl methyl sites for hydroxylation is 2. The molecule has 168 valence electrons. The average molecular weight is 433 g/mol. The number of carbonyl (C=O) groups is 1. The van der Waals surface area contributed by atoms with E-state index in [1.54, 1.807) is 6.92 Å². The van der Waals surface area contributed by atoms with Gasteiger partial charge in [-0.25, -0.2) is 4.79 Å². The van der Waals surface area contributed by atoms with Gasteiger partial charge in [0.1, 0.15) is 12.4 Å². The first-order valence-corrected chi connectivity index (χ1v) is 11.1. The van der Waals surface area contributed by atoms with E-state index >= 15 is 0 Å². The Hall–Kier alpha value is -3.11. The summed E-state index contributed by atoms with van der Waals surface area (Å²) in [6.45, 7) is 8.43. The van der Waals surface area contributed by atoms with Crippen LogP contribution in [0, 0.1) is 13.8 Å². The molecule has 3 aromatic carbocycles. The highest BCUT2D eigenvalue weighted by atomic mass is 16.5. The van der Waals surface area contributed by atoms with Crippen molar-refractivity contribution in [1.29, 1.82) is 0 Å². The smallest absolute Gasteiger partial charge is 0.340 e. The van der Waals surface area contributed by atoms with Crippen molar-refractivity contribution in [3.05, 3.63) is 89.0 Å². The van der Waals surface area contributed by atoms with Crippen LogP contribution in [0.1, 0.15) is 48.9 Å². The summed E-state index contributed by atoms with van der Waals surface area (Å²) in [4.78, 5) is 12.5. The van der Waals surface area contributed by atoms with Gasteiger partial charge in [-0.3, -0.25) is 0 Å². The Kier molecular flexibility index (Phi) is 7.70. The monoisotopic (exact) mass is 432 g/mol. The second-order valence-corrected chi connectivity index (χ2v) is 8.31. The van der Waals surface area contributed by atoms with Crippen LogP contribution in [-0.2, 0) is 21.7 Å². The molecule has 0 saturated carbocycles. The molecule has 0 aromatic heterocycles. The van der Waals surface area contributed by atoms with Crippen LogP contribution in [0.4, 0.5) is 0 Å². The van der Waals surface area contributed by atoms with Crippen LogP contribution >= 0.6 is 0 Å². The Morgan fingerprint density at radius 2 is 1.66 bits per heavy atom. The quantitative estimate of drug-likeness (QED) is 0.364. The third-order valence-electron chi connectivity index (χ3n) is 5.73. The maximum absolute atomic E-state index is 12.5. The summed E-state index contributed by atoms with van der Waals surface area (Å²) < 4.78 is 12.3. The van der Waals surface area contributed by atoms with Crippen molar-refractivity contribution in [2.24, 2.45) is 0 Å². The Labute approximate surface area is 190 Å². The largest absolute Gasteiger partial charge is 0.488 e. The predicted octanol–water partition coefficient (Wildman–Crippen LogP) is 6.67. The van der Waals surface area contributed by atoms with Gasteiger partial charge in [-0.15, -0.1) is 0 Å². The van der Waals surface area contributed by atoms with E-state index in [0.29, 0.717) is 24.5 Å². The number of benzene rings is 3. The molecular formula is C28H32O4. The van der Waals surface area contributed by atoms with E-state index in [4.69, 9.17) is 9.47 Å². The van der Waals surface area contributed by atoms with Crippen molar-refractivity contribution in [2.75, 3.05) is 6.61 Å². The second kappa shape index (κ2) is 10.5. The molecule has 3 rings (SSSR count). The van der Waals surface area contributed by atoms with Gasteiger partial charge in [0.15, 0.2) is 5.60 Å². The second-order valence-electron chi connectivity index (χ2n) is 8.31. The van der Waals surface area contributed by atoms with Crippen molar-refractivity contribution in [2.45, 2.75) is 52.7 Å². The zero-order valence-corrected chi connectivity index (χ0v) is 19.4. The average Bonchev–Trinajstić information content (AvgIpc) is 2.79. The molecule has 0 heterocycles. The first kappa shape index (κ1) is 23.6. The highest BCUT2D eigenvalue weighted by Gasteiger charge is 2.40. The van der Waals surface area contributed by atoms with E-state index < -0.39 is 11.6 Å². The molecule has 0 radical (unpaired) electrons. The third kappa shape index (κ3) is 5.20. The minimum atomic E-state index is -1.49. The summed E-state index contributed by atoms with van der Waals surface area (Å²) in [6, 6.07) is 21.9. The molecule has 3 aromatic rings. The number of hydrogen-bond acceptors (Lipinski definition) is 3. The normalized spacial score (nSPS) is 12.9. The Balaban J connectivity index is 2.16. The number of hydrogen-bond donors (Lipinski definition) is 1. The van der Waals surface area contributed by atoms with Crippen molar-refractivity contribution in [3.8, 4) is 16.9 Å². The summed E-state index contributed by atoms with van der Waals surface area (Å²) in [5.41, 5.74) is 3.85. The molecule has 0 amide bonds. The van der Waals surface area contributed by atoms with Gasteiger partial charge in [0.05, 0.1) is 0 Å². The lowest BCUT2D eigenvalue weighted by Crippen LogP contribution is -2.37. The molecule has 0 aliphatic heterocycles. The van der Waals surface area contributed by atoms with Gasteiger partial charge in [0.2, 0.25) is 0 Å². The van der Waals surface area contributed by atoms with Crippen LogP contribution in [-0.4, -0.2) is 17.7 Å². The molecule has 0 saturated heterocycles. The maximum Gasteiger partial charge on any atom is 0.340 e. The van der Waals surface area contributed by atoms with Crippen molar-refractivity contribution in [3.63, 3.8) is 0 Å². The summed E-state index contributed by atoms with van der Waals surface area (Å²) in [7, 11) is 0. The standard InChI is InChI=1S/C28H32O4/c1-5-6-18-32-28(4,27(29)30)26-21(3)14-17-24(31-19-22-10-8-7-9-11-22)25(26)23-15-12-20(2)13-16-23/h7-17H,5-6,18-19H2,1-4H3,(H,29,30).